The standard InChI is InChI=1S/C14H21N7/c1-14(2)7-4-6-10(14)17-12-18-11(15-3)19-13(20-12)21-9-5-8-16-21/h5,8-10H,4,6-7H2,1-3H3,(H2,15,17,18,19,20). The van der Waals surface area contributed by atoms with Gasteiger partial charge in [-0.2, -0.15) is 20.1 Å². The summed E-state index contributed by atoms with van der Waals surface area (Å²) in [7, 11) is 1.80. The van der Waals surface area contributed by atoms with E-state index in [1.165, 1.54) is 12.8 Å². The molecular weight excluding hydrogens is 266 g/mol. The van der Waals surface area contributed by atoms with Gasteiger partial charge in [0.1, 0.15) is 0 Å². The van der Waals surface area contributed by atoms with Crippen LogP contribution in [-0.2, 0) is 0 Å². The van der Waals surface area contributed by atoms with E-state index in [1.54, 1.807) is 17.9 Å². The van der Waals surface area contributed by atoms with Gasteiger partial charge in [0.2, 0.25) is 11.9 Å². The topological polar surface area (TPSA) is 80.5 Å². The molecule has 2 N–H and O–H groups in total. The van der Waals surface area contributed by atoms with Crippen LogP contribution in [0.25, 0.3) is 5.95 Å². The Morgan fingerprint density at radius 3 is 2.67 bits per heavy atom. The molecule has 0 saturated heterocycles. The molecule has 21 heavy (non-hydrogen) atoms. The third kappa shape index (κ3) is 2.81. The van der Waals surface area contributed by atoms with E-state index < -0.39 is 0 Å². The number of hydrogen-bond donors (Lipinski definition) is 2. The van der Waals surface area contributed by atoms with E-state index in [4.69, 9.17) is 0 Å². The molecule has 7 heteroatoms. The highest BCUT2D eigenvalue weighted by atomic mass is 15.4. The van der Waals surface area contributed by atoms with E-state index in [9.17, 15) is 0 Å². The maximum absolute atomic E-state index is 4.48. The third-order valence-corrected chi connectivity index (χ3v) is 4.12. The average molecular weight is 287 g/mol. The van der Waals surface area contributed by atoms with Crippen LogP contribution >= 0.6 is 0 Å². The van der Waals surface area contributed by atoms with Crippen molar-refractivity contribution in [2.45, 2.75) is 39.2 Å². The molecule has 0 aromatic carbocycles. The highest BCUT2D eigenvalue weighted by Crippen LogP contribution is 2.38. The lowest BCUT2D eigenvalue weighted by atomic mass is 9.87. The van der Waals surface area contributed by atoms with Crippen LogP contribution in [0.3, 0.4) is 0 Å². The number of aromatic nitrogens is 5. The molecule has 0 aliphatic heterocycles. The maximum Gasteiger partial charge on any atom is 0.257 e. The number of nitrogens with zero attached hydrogens (tertiary/aromatic N) is 5. The van der Waals surface area contributed by atoms with Crippen LogP contribution < -0.4 is 10.6 Å². The van der Waals surface area contributed by atoms with Gasteiger partial charge in [0.15, 0.2) is 0 Å². The first-order chi connectivity index (χ1) is 10.1. The third-order valence-electron chi connectivity index (χ3n) is 4.12. The molecule has 112 valence electrons. The molecule has 1 atom stereocenters. The quantitative estimate of drug-likeness (QED) is 0.896. The van der Waals surface area contributed by atoms with Gasteiger partial charge in [0.25, 0.3) is 5.95 Å². The molecule has 0 spiro atoms. The predicted molar refractivity (Wildman–Crippen MR) is 81.5 cm³/mol. The molecule has 2 heterocycles. The van der Waals surface area contributed by atoms with Crippen LogP contribution in [0.15, 0.2) is 18.5 Å². The van der Waals surface area contributed by atoms with Crippen LogP contribution in [0.5, 0.6) is 0 Å². The van der Waals surface area contributed by atoms with Gasteiger partial charge in [0.05, 0.1) is 0 Å². The first-order valence-corrected chi connectivity index (χ1v) is 7.29. The molecule has 7 nitrogen and oxygen atoms in total. The van der Waals surface area contributed by atoms with E-state index in [0.29, 0.717) is 23.9 Å². The van der Waals surface area contributed by atoms with Crippen molar-refractivity contribution in [1.82, 2.24) is 24.7 Å². The van der Waals surface area contributed by atoms with Crippen LogP contribution in [0.1, 0.15) is 33.1 Å². The molecular formula is C14H21N7. The number of hydrogen-bond acceptors (Lipinski definition) is 6. The molecule has 1 aliphatic rings. The molecule has 0 amide bonds. The molecule has 0 bridgehead atoms. The minimum absolute atomic E-state index is 0.262. The first-order valence-electron chi connectivity index (χ1n) is 7.29. The maximum atomic E-state index is 4.48. The first kappa shape index (κ1) is 13.8. The minimum atomic E-state index is 0.262. The van der Waals surface area contributed by atoms with E-state index in [-0.39, 0.29) is 5.41 Å². The van der Waals surface area contributed by atoms with Gasteiger partial charge in [-0.05, 0) is 24.3 Å². The fourth-order valence-electron chi connectivity index (χ4n) is 2.78. The fraction of sp³-hybridized carbons (Fsp3) is 0.571. The summed E-state index contributed by atoms with van der Waals surface area (Å²) in [5.41, 5.74) is 0.262. The molecule has 3 rings (SSSR count). The van der Waals surface area contributed by atoms with E-state index in [2.05, 4.69) is 44.5 Å². The molecule has 2 aromatic heterocycles. The van der Waals surface area contributed by atoms with Crippen LogP contribution in [-0.4, -0.2) is 37.8 Å². The predicted octanol–water partition coefficient (Wildman–Crippen LogP) is 2.09. The number of nitrogens with one attached hydrogen (secondary N) is 2. The summed E-state index contributed by atoms with van der Waals surface area (Å²) in [4.78, 5) is 13.2. The zero-order valence-corrected chi connectivity index (χ0v) is 12.7. The lowest BCUT2D eigenvalue weighted by Gasteiger charge is -2.27. The van der Waals surface area contributed by atoms with E-state index in [1.807, 2.05) is 12.3 Å². The van der Waals surface area contributed by atoms with Crippen molar-refractivity contribution in [3.05, 3.63) is 18.5 Å². The Balaban J connectivity index is 1.90. The number of rotatable bonds is 4. The molecule has 0 radical (unpaired) electrons. The highest BCUT2D eigenvalue weighted by Gasteiger charge is 2.34. The average Bonchev–Trinajstić information content (AvgIpc) is 3.09. The summed E-state index contributed by atoms with van der Waals surface area (Å²) in [6, 6.07) is 2.23. The highest BCUT2D eigenvalue weighted by molar-refractivity contribution is 5.38. The zero-order valence-electron chi connectivity index (χ0n) is 12.7. The van der Waals surface area contributed by atoms with Crippen molar-refractivity contribution in [3.8, 4) is 5.95 Å². The Bertz CT molecular complexity index is 606. The molecule has 1 saturated carbocycles. The second kappa shape index (κ2) is 5.31. The van der Waals surface area contributed by atoms with Crippen LogP contribution in [0.2, 0.25) is 0 Å². The summed E-state index contributed by atoms with van der Waals surface area (Å²) >= 11 is 0. The Morgan fingerprint density at radius 2 is 2.05 bits per heavy atom. The Hall–Kier alpha value is -2.18. The Kier molecular flexibility index (Phi) is 3.48. The van der Waals surface area contributed by atoms with Crippen molar-refractivity contribution in [1.29, 1.82) is 0 Å². The number of anilines is 2. The monoisotopic (exact) mass is 287 g/mol. The normalized spacial score (nSPS) is 20.4. The largest absolute Gasteiger partial charge is 0.357 e. The summed E-state index contributed by atoms with van der Waals surface area (Å²) < 4.78 is 1.63. The van der Waals surface area contributed by atoms with Crippen molar-refractivity contribution < 1.29 is 0 Å². The van der Waals surface area contributed by atoms with Gasteiger partial charge in [0, 0.05) is 25.5 Å². The van der Waals surface area contributed by atoms with Gasteiger partial charge in [-0.15, -0.1) is 0 Å². The van der Waals surface area contributed by atoms with Gasteiger partial charge in [-0.25, -0.2) is 4.68 Å². The smallest absolute Gasteiger partial charge is 0.257 e. The molecule has 2 aromatic rings. The van der Waals surface area contributed by atoms with E-state index >= 15 is 0 Å². The molecule has 1 aliphatic carbocycles. The van der Waals surface area contributed by atoms with Crippen molar-refractivity contribution in [2.75, 3.05) is 17.7 Å². The second-order valence-electron chi connectivity index (χ2n) is 6.06. The lowest BCUT2D eigenvalue weighted by molar-refractivity contribution is 0.348. The van der Waals surface area contributed by atoms with Gasteiger partial charge < -0.3 is 10.6 Å². The Morgan fingerprint density at radius 1 is 1.24 bits per heavy atom. The van der Waals surface area contributed by atoms with Crippen molar-refractivity contribution >= 4 is 11.9 Å². The van der Waals surface area contributed by atoms with Gasteiger partial charge >= 0.3 is 0 Å². The van der Waals surface area contributed by atoms with Gasteiger partial charge in [-0.3, -0.25) is 0 Å². The summed E-state index contributed by atoms with van der Waals surface area (Å²) in [6.07, 6.45) is 7.13. The molecule has 1 fully saturated rings. The minimum Gasteiger partial charge on any atom is -0.357 e. The summed E-state index contributed by atoms with van der Waals surface area (Å²) in [5, 5.41) is 10.6. The summed E-state index contributed by atoms with van der Waals surface area (Å²) in [5.74, 6) is 1.64. The zero-order chi connectivity index (χ0) is 14.9. The van der Waals surface area contributed by atoms with Crippen molar-refractivity contribution in [2.24, 2.45) is 5.41 Å². The van der Waals surface area contributed by atoms with Crippen molar-refractivity contribution in [3.63, 3.8) is 0 Å². The fourth-order valence-corrected chi connectivity index (χ4v) is 2.78. The second-order valence-corrected chi connectivity index (χ2v) is 6.06. The van der Waals surface area contributed by atoms with Crippen LogP contribution in [0, 0.1) is 5.41 Å². The SMILES string of the molecule is CNc1nc(NC2CCCC2(C)C)nc(-n2cccn2)n1. The van der Waals surface area contributed by atoms with Gasteiger partial charge in [-0.1, -0.05) is 20.3 Å². The van der Waals surface area contributed by atoms with Crippen LogP contribution in [0.4, 0.5) is 11.9 Å². The lowest BCUT2D eigenvalue weighted by Crippen LogP contribution is -2.32. The Labute approximate surface area is 124 Å². The van der Waals surface area contributed by atoms with E-state index in [0.717, 1.165) is 6.42 Å². The molecule has 1 unspecified atom stereocenters. The summed E-state index contributed by atoms with van der Waals surface area (Å²) in [6.45, 7) is 4.57.